The van der Waals surface area contributed by atoms with E-state index in [0.29, 0.717) is 28.3 Å². The van der Waals surface area contributed by atoms with Crippen LogP contribution < -0.4 is 14.4 Å². The van der Waals surface area contributed by atoms with Crippen molar-refractivity contribution in [1.82, 2.24) is 0 Å². The zero-order chi connectivity index (χ0) is 22.8. The monoisotopic (exact) mass is 493 g/mol. The second-order valence-corrected chi connectivity index (χ2v) is 8.05. The standard InChI is InChI=1S/C25H20BrNO5/c1-31-19-12-11-16(13-20(19)32-2)22-21(23(28)15-7-4-3-5-8-15)24(29)25(30)27(22)18-10-6-9-17(26)14-18/h3-14,22,28H,1-2H3/t22-/m0/s1. The number of carbonyl (C=O) groups is 2. The molecule has 7 heteroatoms. The minimum Gasteiger partial charge on any atom is -0.507 e. The zero-order valence-corrected chi connectivity index (χ0v) is 19.0. The van der Waals surface area contributed by atoms with Crippen molar-refractivity contribution >= 4 is 39.1 Å². The predicted octanol–water partition coefficient (Wildman–Crippen LogP) is 5.09. The Morgan fingerprint density at radius 1 is 0.906 bits per heavy atom. The van der Waals surface area contributed by atoms with Crippen LogP contribution in [0.4, 0.5) is 5.69 Å². The summed E-state index contributed by atoms with van der Waals surface area (Å²) in [7, 11) is 3.04. The van der Waals surface area contributed by atoms with E-state index in [1.54, 1.807) is 60.7 Å². The summed E-state index contributed by atoms with van der Waals surface area (Å²) in [5.41, 5.74) is 1.58. The first-order valence-corrected chi connectivity index (χ1v) is 10.6. The van der Waals surface area contributed by atoms with Gasteiger partial charge in [0.25, 0.3) is 11.7 Å². The minimum absolute atomic E-state index is 0.00777. The summed E-state index contributed by atoms with van der Waals surface area (Å²) in [6.45, 7) is 0. The number of methoxy groups -OCH3 is 2. The number of carbonyl (C=O) groups excluding carboxylic acids is 2. The van der Waals surface area contributed by atoms with Gasteiger partial charge in [0, 0.05) is 15.7 Å². The van der Waals surface area contributed by atoms with Crippen LogP contribution in [0.3, 0.4) is 0 Å². The molecule has 4 rings (SSSR count). The number of aliphatic hydroxyl groups is 1. The SMILES string of the molecule is COc1ccc([C@H]2C(=C(O)c3ccccc3)C(=O)C(=O)N2c2cccc(Br)c2)cc1OC. The fraction of sp³-hybridized carbons (Fsp3) is 0.120. The lowest BCUT2D eigenvalue weighted by molar-refractivity contribution is -0.132. The van der Waals surface area contributed by atoms with Gasteiger partial charge < -0.3 is 14.6 Å². The van der Waals surface area contributed by atoms with E-state index in [1.165, 1.54) is 19.1 Å². The average Bonchev–Trinajstić information content (AvgIpc) is 3.09. The lowest BCUT2D eigenvalue weighted by atomic mass is 9.94. The molecule has 0 aromatic heterocycles. The Labute approximate surface area is 193 Å². The first-order chi connectivity index (χ1) is 15.5. The molecule has 3 aromatic rings. The number of rotatable bonds is 5. The Balaban J connectivity index is 1.97. The van der Waals surface area contributed by atoms with Gasteiger partial charge in [-0.2, -0.15) is 0 Å². The van der Waals surface area contributed by atoms with E-state index >= 15 is 0 Å². The van der Waals surface area contributed by atoms with Crippen LogP contribution in [-0.4, -0.2) is 31.0 Å². The second kappa shape index (κ2) is 8.88. The molecule has 0 unspecified atom stereocenters. The van der Waals surface area contributed by atoms with E-state index in [9.17, 15) is 14.7 Å². The number of hydrogen-bond donors (Lipinski definition) is 1. The molecule has 1 fully saturated rings. The Morgan fingerprint density at radius 2 is 1.62 bits per heavy atom. The molecule has 1 amide bonds. The lowest BCUT2D eigenvalue weighted by Gasteiger charge is -2.26. The summed E-state index contributed by atoms with van der Waals surface area (Å²) in [6.07, 6.45) is 0. The van der Waals surface area contributed by atoms with Crippen LogP contribution in [0, 0.1) is 0 Å². The first kappa shape index (κ1) is 21.6. The van der Waals surface area contributed by atoms with Gasteiger partial charge >= 0.3 is 0 Å². The van der Waals surface area contributed by atoms with E-state index in [2.05, 4.69) is 15.9 Å². The van der Waals surface area contributed by atoms with Crippen LogP contribution in [0.15, 0.2) is 82.8 Å². The van der Waals surface area contributed by atoms with Crippen LogP contribution >= 0.6 is 15.9 Å². The maximum Gasteiger partial charge on any atom is 0.300 e. The van der Waals surface area contributed by atoms with Crippen LogP contribution in [0.5, 0.6) is 11.5 Å². The van der Waals surface area contributed by atoms with Gasteiger partial charge in [-0.3, -0.25) is 14.5 Å². The highest BCUT2D eigenvalue weighted by Crippen LogP contribution is 2.44. The third-order valence-corrected chi connectivity index (χ3v) is 5.79. The number of anilines is 1. The van der Waals surface area contributed by atoms with Crippen molar-refractivity contribution in [2.75, 3.05) is 19.1 Å². The van der Waals surface area contributed by atoms with Gasteiger partial charge in [0.15, 0.2) is 11.5 Å². The summed E-state index contributed by atoms with van der Waals surface area (Å²) >= 11 is 3.42. The van der Waals surface area contributed by atoms with Gasteiger partial charge in [0.2, 0.25) is 0 Å². The molecule has 0 saturated carbocycles. The number of ketones is 1. The predicted molar refractivity (Wildman–Crippen MR) is 125 cm³/mol. The molecule has 0 aliphatic carbocycles. The van der Waals surface area contributed by atoms with Crippen molar-refractivity contribution in [1.29, 1.82) is 0 Å². The molecule has 1 aliphatic heterocycles. The number of ether oxygens (including phenoxy) is 2. The Hall–Kier alpha value is -3.58. The van der Waals surface area contributed by atoms with E-state index in [-0.39, 0.29) is 11.3 Å². The molecule has 3 aromatic carbocycles. The van der Waals surface area contributed by atoms with E-state index in [0.717, 1.165) is 4.47 Å². The van der Waals surface area contributed by atoms with Gasteiger partial charge in [-0.15, -0.1) is 0 Å². The quantitative estimate of drug-likeness (QED) is 0.304. The number of Topliss-reactive ketones (excluding diaryl/α,β-unsaturated/α-hetero) is 1. The van der Waals surface area contributed by atoms with Crippen molar-refractivity contribution < 1.29 is 24.2 Å². The zero-order valence-electron chi connectivity index (χ0n) is 17.4. The molecular formula is C25H20BrNO5. The number of nitrogens with zero attached hydrogens (tertiary/aromatic N) is 1. The van der Waals surface area contributed by atoms with Crippen molar-refractivity contribution in [2.45, 2.75) is 6.04 Å². The summed E-state index contributed by atoms with van der Waals surface area (Å²) < 4.78 is 11.5. The largest absolute Gasteiger partial charge is 0.507 e. The van der Waals surface area contributed by atoms with Crippen molar-refractivity contribution in [3.05, 3.63) is 94.0 Å². The molecule has 1 saturated heterocycles. The van der Waals surface area contributed by atoms with Gasteiger partial charge in [0.1, 0.15) is 5.76 Å². The Kier molecular flexibility index (Phi) is 6.01. The molecule has 0 spiro atoms. The molecular weight excluding hydrogens is 474 g/mol. The summed E-state index contributed by atoms with van der Waals surface area (Å²) in [5.74, 6) is -0.754. The van der Waals surface area contributed by atoms with Crippen LogP contribution in [-0.2, 0) is 9.59 Å². The molecule has 1 heterocycles. The maximum absolute atomic E-state index is 13.2. The van der Waals surface area contributed by atoms with E-state index in [1.807, 2.05) is 12.1 Å². The van der Waals surface area contributed by atoms with Gasteiger partial charge in [0.05, 0.1) is 25.8 Å². The van der Waals surface area contributed by atoms with Crippen molar-refractivity contribution in [2.24, 2.45) is 0 Å². The second-order valence-electron chi connectivity index (χ2n) is 7.13. The Morgan fingerprint density at radius 3 is 2.28 bits per heavy atom. The van der Waals surface area contributed by atoms with Crippen molar-refractivity contribution in [3.8, 4) is 11.5 Å². The molecule has 6 nitrogen and oxygen atoms in total. The molecule has 0 radical (unpaired) electrons. The van der Waals surface area contributed by atoms with E-state index in [4.69, 9.17) is 9.47 Å². The number of amides is 1. The lowest BCUT2D eigenvalue weighted by Crippen LogP contribution is -2.29. The number of aliphatic hydroxyl groups excluding tert-OH is 1. The topological polar surface area (TPSA) is 76.1 Å². The van der Waals surface area contributed by atoms with Crippen LogP contribution in [0.2, 0.25) is 0 Å². The highest BCUT2D eigenvalue weighted by molar-refractivity contribution is 9.10. The number of benzene rings is 3. The highest BCUT2D eigenvalue weighted by atomic mass is 79.9. The van der Waals surface area contributed by atoms with Gasteiger partial charge in [-0.05, 0) is 35.9 Å². The van der Waals surface area contributed by atoms with Gasteiger partial charge in [-0.25, -0.2) is 0 Å². The van der Waals surface area contributed by atoms with Crippen molar-refractivity contribution in [3.63, 3.8) is 0 Å². The molecule has 32 heavy (non-hydrogen) atoms. The third kappa shape index (κ3) is 3.76. The molecule has 0 bridgehead atoms. The smallest absolute Gasteiger partial charge is 0.300 e. The number of hydrogen-bond acceptors (Lipinski definition) is 5. The van der Waals surface area contributed by atoms with E-state index < -0.39 is 17.7 Å². The van der Waals surface area contributed by atoms with Crippen LogP contribution in [0.25, 0.3) is 5.76 Å². The minimum atomic E-state index is -0.857. The fourth-order valence-electron chi connectivity index (χ4n) is 3.81. The molecule has 1 N–H and O–H groups in total. The molecule has 162 valence electrons. The summed E-state index contributed by atoms with van der Waals surface area (Å²) in [4.78, 5) is 27.7. The normalized spacial score (nSPS) is 17.5. The molecule has 1 atom stereocenters. The van der Waals surface area contributed by atoms with Gasteiger partial charge in [-0.1, -0.05) is 58.4 Å². The third-order valence-electron chi connectivity index (χ3n) is 5.30. The fourth-order valence-corrected chi connectivity index (χ4v) is 4.20. The summed E-state index contributed by atoms with van der Waals surface area (Å²) in [5, 5.41) is 11.1. The first-order valence-electron chi connectivity index (χ1n) is 9.80. The maximum atomic E-state index is 13.2. The number of halogens is 1. The summed E-state index contributed by atoms with van der Waals surface area (Å²) in [6, 6.07) is 20.1. The highest BCUT2D eigenvalue weighted by Gasteiger charge is 2.47. The van der Waals surface area contributed by atoms with Crippen LogP contribution in [0.1, 0.15) is 17.2 Å². The molecule has 1 aliphatic rings. The Bertz CT molecular complexity index is 1220. The average molecular weight is 494 g/mol.